The van der Waals surface area contributed by atoms with Crippen molar-refractivity contribution < 1.29 is 8.85 Å². The Hall–Kier alpha value is 0.274. The molecule has 0 heterocycles. The van der Waals surface area contributed by atoms with Gasteiger partial charge in [-0.15, -0.1) is 0 Å². The van der Waals surface area contributed by atoms with Crippen LogP contribution in [0.1, 0.15) is 12.8 Å². The first kappa shape index (κ1) is 20.3. The first-order chi connectivity index (χ1) is 9.26. The van der Waals surface area contributed by atoms with E-state index in [0.29, 0.717) is 0 Å². The fourth-order valence-corrected chi connectivity index (χ4v) is 4.61. The van der Waals surface area contributed by atoms with Crippen molar-refractivity contribution in [2.45, 2.75) is 51.1 Å². The van der Waals surface area contributed by atoms with Gasteiger partial charge in [0.15, 0.2) is 16.6 Å². The molecule has 2 N–H and O–H groups in total. The molecule has 0 aromatic heterocycles. The number of hydrogen-bond acceptors (Lipinski definition) is 4. The molecule has 0 aromatic carbocycles. The second-order valence-electron chi connectivity index (χ2n) is 6.77. The van der Waals surface area contributed by atoms with Gasteiger partial charge in [-0.25, -0.2) is 0 Å². The van der Waals surface area contributed by atoms with Crippen molar-refractivity contribution in [2.24, 2.45) is 5.73 Å². The summed E-state index contributed by atoms with van der Waals surface area (Å²) in [4.78, 5) is 2.50. The summed E-state index contributed by atoms with van der Waals surface area (Å²) >= 11 is 0. The second kappa shape index (κ2) is 10.1. The third-order valence-electron chi connectivity index (χ3n) is 4.06. The highest BCUT2D eigenvalue weighted by Gasteiger charge is 2.21. The summed E-state index contributed by atoms with van der Waals surface area (Å²) in [6.45, 7) is 13.2. The Morgan fingerprint density at radius 3 is 1.50 bits per heavy atom. The molecule has 20 heavy (non-hydrogen) atoms. The lowest BCUT2D eigenvalue weighted by molar-refractivity contribution is 0.277. The Balaban J connectivity index is 3.98. The Morgan fingerprint density at radius 1 is 0.800 bits per heavy atom. The zero-order valence-corrected chi connectivity index (χ0v) is 16.5. The predicted molar refractivity (Wildman–Crippen MR) is 93.3 cm³/mol. The van der Waals surface area contributed by atoms with Gasteiger partial charge in [-0.3, -0.25) is 0 Å². The van der Waals surface area contributed by atoms with Gasteiger partial charge in [0, 0.05) is 27.3 Å². The van der Waals surface area contributed by atoms with Gasteiger partial charge in [-0.2, -0.15) is 0 Å². The SMILES string of the molecule is CO[Si](C)(C)CCCN(CCN)CCC[Si](C)(C)OC. The van der Waals surface area contributed by atoms with Crippen LogP contribution in [0, 0.1) is 0 Å². The van der Waals surface area contributed by atoms with E-state index in [4.69, 9.17) is 14.6 Å². The summed E-state index contributed by atoms with van der Waals surface area (Å²) < 4.78 is 11.2. The Labute approximate surface area is 128 Å². The minimum atomic E-state index is -1.41. The molecule has 0 rings (SSSR count). The Bertz CT molecular complexity index is 229. The molecule has 0 saturated heterocycles. The molecule has 122 valence electrons. The van der Waals surface area contributed by atoms with E-state index in [0.717, 1.165) is 26.2 Å². The van der Waals surface area contributed by atoms with Gasteiger partial charge in [0.2, 0.25) is 0 Å². The maximum atomic E-state index is 5.72. The third-order valence-corrected chi connectivity index (χ3v) is 9.38. The molecule has 0 saturated carbocycles. The molecule has 0 spiro atoms. The minimum absolute atomic E-state index is 0.746. The maximum absolute atomic E-state index is 5.72. The van der Waals surface area contributed by atoms with Crippen LogP contribution in [-0.2, 0) is 8.85 Å². The van der Waals surface area contributed by atoms with Crippen LogP contribution in [0.5, 0.6) is 0 Å². The van der Waals surface area contributed by atoms with E-state index in [1.165, 1.54) is 24.9 Å². The third kappa shape index (κ3) is 10.1. The van der Waals surface area contributed by atoms with Crippen LogP contribution in [-0.4, -0.2) is 61.9 Å². The first-order valence-corrected chi connectivity index (χ1v) is 14.0. The molecular weight excluding hydrogens is 284 g/mol. The van der Waals surface area contributed by atoms with Crippen molar-refractivity contribution in [2.75, 3.05) is 40.4 Å². The average molecular weight is 321 g/mol. The number of hydrogen-bond donors (Lipinski definition) is 1. The molecule has 0 radical (unpaired) electrons. The van der Waals surface area contributed by atoms with E-state index in [-0.39, 0.29) is 0 Å². The molecule has 0 aliphatic heterocycles. The van der Waals surface area contributed by atoms with Crippen LogP contribution in [0.4, 0.5) is 0 Å². The quantitative estimate of drug-likeness (QED) is 0.562. The van der Waals surface area contributed by atoms with Gasteiger partial charge in [-0.1, -0.05) is 0 Å². The highest BCUT2D eigenvalue weighted by atomic mass is 28.4. The molecule has 0 aliphatic rings. The van der Waals surface area contributed by atoms with E-state index < -0.39 is 16.6 Å². The summed E-state index contributed by atoms with van der Waals surface area (Å²) in [6, 6.07) is 2.45. The minimum Gasteiger partial charge on any atom is -0.420 e. The van der Waals surface area contributed by atoms with Crippen molar-refractivity contribution >= 4 is 16.6 Å². The standard InChI is InChI=1S/C14H36N2O2Si2/c1-17-19(3,4)13-7-10-16(12-9-15)11-8-14-20(5,6)18-2/h7-15H2,1-6H3. The normalized spacial score (nSPS) is 13.2. The summed E-state index contributed by atoms with van der Waals surface area (Å²) in [5, 5.41) is 0. The van der Waals surface area contributed by atoms with Gasteiger partial charge in [0.05, 0.1) is 0 Å². The van der Waals surface area contributed by atoms with Crippen molar-refractivity contribution in [3.63, 3.8) is 0 Å². The summed E-state index contributed by atoms with van der Waals surface area (Å²) in [5.41, 5.74) is 5.72. The number of nitrogens with two attached hydrogens (primary N) is 1. The van der Waals surface area contributed by atoms with Crippen LogP contribution in [0.3, 0.4) is 0 Å². The van der Waals surface area contributed by atoms with Gasteiger partial charge >= 0.3 is 0 Å². The predicted octanol–water partition coefficient (Wildman–Crippen LogP) is 2.73. The highest BCUT2D eigenvalue weighted by Crippen LogP contribution is 2.15. The number of rotatable bonds is 12. The van der Waals surface area contributed by atoms with Gasteiger partial charge < -0.3 is 19.5 Å². The van der Waals surface area contributed by atoms with E-state index in [9.17, 15) is 0 Å². The lowest BCUT2D eigenvalue weighted by Gasteiger charge is -2.26. The molecular formula is C14H36N2O2Si2. The van der Waals surface area contributed by atoms with E-state index >= 15 is 0 Å². The van der Waals surface area contributed by atoms with E-state index in [1.807, 2.05) is 14.2 Å². The Morgan fingerprint density at radius 2 is 1.20 bits per heavy atom. The van der Waals surface area contributed by atoms with Crippen molar-refractivity contribution in [3.05, 3.63) is 0 Å². The molecule has 0 bridgehead atoms. The zero-order valence-electron chi connectivity index (χ0n) is 14.5. The van der Waals surface area contributed by atoms with Crippen molar-refractivity contribution in [1.82, 2.24) is 4.90 Å². The zero-order chi connectivity index (χ0) is 15.6. The number of nitrogens with zero attached hydrogens (tertiary/aromatic N) is 1. The van der Waals surface area contributed by atoms with Gasteiger partial charge in [0.1, 0.15) is 0 Å². The van der Waals surface area contributed by atoms with Crippen LogP contribution in [0.2, 0.25) is 38.3 Å². The van der Waals surface area contributed by atoms with Crippen molar-refractivity contribution in [1.29, 1.82) is 0 Å². The summed E-state index contributed by atoms with van der Waals surface area (Å²) in [7, 11) is 0.887. The Kier molecular flexibility index (Phi) is 10.2. The highest BCUT2D eigenvalue weighted by molar-refractivity contribution is 6.71. The topological polar surface area (TPSA) is 47.7 Å². The van der Waals surface area contributed by atoms with Gasteiger partial charge in [0.25, 0.3) is 0 Å². The monoisotopic (exact) mass is 320 g/mol. The van der Waals surface area contributed by atoms with Gasteiger partial charge in [-0.05, 0) is 64.2 Å². The molecule has 0 fully saturated rings. The lowest BCUT2D eigenvalue weighted by atomic mass is 10.3. The fourth-order valence-electron chi connectivity index (χ4n) is 2.18. The molecule has 0 aliphatic carbocycles. The van der Waals surface area contributed by atoms with Crippen LogP contribution >= 0.6 is 0 Å². The molecule has 6 heteroatoms. The van der Waals surface area contributed by atoms with E-state index in [2.05, 4.69) is 31.1 Å². The summed E-state index contributed by atoms with van der Waals surface area (Å²) in [6.07, 6.45) is 2.44. The van der Waals surface area contributed by atoms with E-state index in [1.54, 1.807) is 0 Å². The van der Waals surface area contributed by atoms with Crippen LogP contribution in [0.25, 0.3) is 0 Å². The lowest BCUT2D eigenvalue weighted by Crippen LogP contribution is -2.35. The summed E-state index contributed by atoms with van der Waals surface area (Å²) in [5.74, 6) is 0. The molecule has 0 amide bonds. The average Bonchev–Trinajstić information content (AvgIpc) is 2.38. The fraction of sp³-hybridized carbons (Fsp3) is 1.00. The van der Waals surface area contributed by atoms with Crippen LogP contribution < -0.4 is 5.73 Å². The van der Waals surface area contributed by atoms with Crippen molar-refractivity contribution in [3.8, 4) is 0 Å². The van der Waals surface area contributed by atoms with Crippen LogP contribution in [0.15, 0.2) is 0 Å². The molecule has 0 atom stereocenters. The molecule has 4 nitrogen and oxygen atoms in total. The maximum Gasteiger partial charge on any atom is 0.186 e. The molecule has 0 unspecified atom stereocenters. The second-order valence-corrected chi connectivity index (χ2v) is 15.6. The molecule has 0 aromatic rings. The smallest absolute Gasteiger partial charge is 0.186 e. The largest absolute Gasteiger partial charge is 0.420 e. The first-order valence-electron chi connectivity index (χ1n) is 7.79.